The van der Waals surface area contributed by atoms with Crippen LogP contribution in [0.2, 0.25) is 0 Å². The predicted molar refractivity (Wildman–Crippen MR) is 67.7 cm³/mol. The van der Waals surface area contributed by atoms with E-state index >= 15 is 0 Å². The molecule has 18 heavy (non-hydrogen) atoms. The van der Waals surface area contributed by atoms with E-state index < -0.39 is 0 Å². The summed E-state index contributed by atoms with van der Waals surface area (Å²) in [5.41, 5.74) is 0.950. The smallest absolute Gasteiger partial charge is 0.201 e. The third kappa shape index (κ3) is 2.01. The molecule has 2 heterocycles. The van der Waals surface area contributed by atoms with Crippen molar-refractivity contribution in [3.05, 3.63) is 23.7 Å². The molecule has 3 heteroatoms. The summed E-state index contributed by atoms with van der Waals surface area (Å²) in [5, 5.41) is 0. The van der Waals surface area contributed by atoms with Crippen molar-refractivity contribution < 1.29 is 13.9 Å². The maximum atomic E-state index is 12.5. The third-order valence-corrected chi connectivity index (χ3v) is 4.46. The van der Waals surface area contributed by atoms with Crippen molar-refractivity contribution in [3.63, 3.8) is 0 Å². The van der Waals surface area contributed by atoms with Gasteiger partial charge in [-0.2, -0.15) is 0 Å². The van der Waals surface area contributed by atoms with Gasteiger partial charge in [0, 0.05) is 12.5 Å². The van der Waals surface area contributed by atoms with Gasteiger partial charge in [0.25, 0.3) is 0 Å². The Balaban J connectivity index is 1.76. The number of Topliss-reactive ketones (excluding diaryl/α,β-unsaturated/α-hetero) is 1. The highest BCUT2D eigenvalue weighted by Gasteiger charge is 2.42. The van der Waals surface area contributed by atoms with E-state index in [1.54, 1.807) is 6.26 Å². The Bertz CT molecular complexity index is 440. The molecule has 1 aromatic rings. The molecular weight excluding hydrogens is 228 g/mol. The van der Waals surface area contributed by atoms with Gasteiger partial charge in [-0.1, -0.05) is 12.8 Å². The topological polar surface area (TPSA) is 39.4 Å². The van der Waals surface area contributed by atoms with Crippen molar-refractivity contribution in [1.82, 2.24) is 0 Å². The van der Waals surface area contributed by atoms with Gasteiger partial charge < -0.3 is 9.15 Å². The molecule has 1 atom stereocenters. The number of furan rings is 1. The van der Waals surface area contributed by atoms with E-state index in [1.165, 1.54) is 12.8 Å². The molecule has 3 rings (SSSR count). The molecule has 1 saturated heterocycles. The highest BCUT2D eigenvalue weighted by Crippen LogP contribution is 2.42. The number of carbonyl (C=O) groups is 1. The van der Waals surface area contributed by atoms with Crippen LogP contribution in [0.5, 0.6) is 0 Å². The molecule has 2 fully saturated rings. The molecule has 1 aromatic heterocycles. The predicted octanol–water partition coefficient (Wildman–Crippen LogP) is 3.51. The van der Waals surface area contributed by atoms with Gasteiger partial charge in [0.05, 0.1) is 11.9 Å². The van der Waals surface area contributed by atoms with Gasteiger partial charge in [-0.25, -0.2) is 0 Å². The molecule has 0 bridgehead atoms. The Morgan fingerprint density at radius 1 is 1.39 bits per heavy atom. The fraction of sp³-hybridized carbons (Fsp3) is 0.667. The first-order valence-electron chi connectivity index (χ1n) is 6.92. The van der Waals surface area contributed by atoms with Crippen LogP contribution >= 0.6 is 0 Å². The zero-order valence-corrected chi connectivity index (χ0v) is 10.9. The summed E-state index contributed by atoms with van der Waals surface area (Å²) in [6, 6.07) is 1.86. The Hall–Kier alpha value is -1.09. The van der Waals surface area contributed by atoms with Crippen LogP contribution < -0.4 is 0 Å². The van der Waals surface area contributed by atoms with Crippen molar-refractivity contribution in [2.24, 2.45) is 5.92 Å². The number of carbonyl (C=O) groups excluding carboxylic acids is 1. The first-order chi connectivity index (χ1) is 8.70. The van der Waals surface area contributed by atoms with Crippen molar-refractivity contribution >= 4 is 5.78 Å². The Morgan fingerprint density at radius 3 is 2.83 bits per heavy atom. The van der Waals surface area contributed by atoms with E-state index in [0.717, 1.165) is 37.9 Å². The standard InChI is InChI=1S/C15H20O3/c1-11-4-8-17-14(11)13(16)12-5-9-18-15(10-12)6-2-3-7-15/h4,8,12H,2-3,5-7,9-10H2,1H3. The fourth-order valence-electron chi connectivity index (χ4n) is 3.43. The summed E-state index contributed by atoms with van der Waals surface area (Å²) in [5.74, 6) is 0.809. The molecule has 1 aliphatic carbocycles. The molecule has 0 radical (unpaired) electrons. The normalized spacial score (nSPS) is 26.6. The minimum Gasteiger partial charge on any atom is -0.461 e. The van der Waals surface area contributed by atoms with E-state index in [2.05, 4.69) is 0 Å². The van der Waals surface area contributed by atoms with Crippen LogP contribution in [0.4, 0.5) is 0 Å². The van der Waals surface area contributed by atoms with Crippen LogP contribution in [0, 0.1) is 12.8 Å². The molecule has 98 valence electrons. The lowest BCUT2D eigenvalue weighted by Gasteiger charge is -2.37. The Labute approximate surface area is 108 Å². The quantitative estimate of drug-likeness (QED) is 0.752. The molecule has 0 amide bonds. The number of aryl methyl sites for hydroxylation is 1. The van der Waals surface area contributed by atoms with Crippen molar-refractivity contribution in [3.8, 4) is 0 Å². The SMILES string of the molecule is Cc1ccoc1C(=O)C1CCOC2(CCCC2)C1. The molecule has 0 aromatic carbocycles. The molecule has 1 saturated carbocycles. The minimum absolute atomic E-state index is 0.000918. The van der Waals surface area contributed by atoms with Gasteiger partial charge >= 0.3 is 0 Å². The largest absolute Gasteiger partial charge is 0.461 e. The number of ketones is 1. The van der Waals surface area contributed by atoms with Gasteiger partial charge in [-0.3, -0.25) is 4.79 Å². The highest BCUT2D eigenvalue weighted by atomic mass is 16.5. The second-order valence-electron chi connectivity index (χ2n) is 5.73. The number of ether oxygens (including phenoxy) is 1. The maximum absolute atomic E-state index is 12.5. The summed E-state index contributed by atoms with van der Waals surface area (Å²) >= 11 is 0. The molecular formula is C15H20O3. The van der Waals surface area contributed by atoms with Crippen molar-refractivity contribution in [2.45, 2.75) is 51.0 Å². The maximum Gasteiger partial charge on any atom is 0.201 e. The van der Waals surface area contributed by atoms with Crippen LogP contribution in [0.3, 0.4) is 0 Å². The monoisotopic (exact) mass is 248 g/mol. The first kappa shape index (κ1) is 12.0. The van der Waals surface area contributed by atoms with Gasteiger partial charge in [-0.15, -0.1) is 0 Å². The van der Waals surface area contributed by atoms with Gasteiger partial charge in [0.1, 0.15) is 0 Å². The summed E-state index contributed by atoms with van der Waals surface area (Å²) < 4.78 is 11.3. The zero-order valence-electron chi connectivity index (χ0n) is 10.9. The van der Waals surface area contributed by atoms with Crippen molar-refractivity contribution in [2.75, 3.05) is 6.61 Å². The molecule has 1 spiro atoms. The molecule has 1 aliphatic heterocycles. The lowest BCUT2D eigenvalue weighted by Crippen LogP contribution is -2.39. The number of hydrogen-bond donors (Lipinski definition) is 0. The Morgan fingerprint density at radius 2 is 2.17 bits per heavy atom. The van der Waals surface area contributed by atoms with Crippen LogP contribution in [0.15, 0.2) is 16.7 Å². The average molecular weight is 248 g/mol. The fourth-order valence-corrected chi connectivity index (χ4v) is 3.43. The lowest BCUT2D eigenvalue weighted by molar-refractivity contribution is -0.0868. The molecule has 1 unspecified atom stereocenters. The summed E-state index contributed by atoms with van der Waals surface area (Å²) in [6.07, 6.45) is 8.03. The molecule has 2 aliphatic rings. The van der Waals surface area contributed by atoms with Crippen LogP contribution in [0.25, 0.3) is 0 Å². The molecule has 3 nitrogen and oxygen atoms in total. The first-order valence-corrected chi connectivity index (χ1v) is 6.92. The Kier molecular flexibility index (Phi) is 3.02. The second-order valence-corrected chi connectivity index (χ2v) is 5.73. The third-order valence-electron chi connectivity index (χ3n) is 4.46. The van der Waals surface area contributed by atoms with Gasteiger partial charge in [0.15, 0.2) is 5.76 Å². The lowest BCUT2D eigenvalue weighted by atomic mass is 9.81. The van der Waals surface area contributed by atoms with Gasteiger partial charge in [-0.05, 0) is 44.2 Å². The summed E-state index contributed by atoms with van der Waals surface area (Å²) in [6.45, 7) is 2.65. The second kappa shape index (κ2) is 4.54. The minimum atomic E-state index is -0.000918. The summed E-state index contributed by atoms with van der Waals surface area (Å²) in [7, 11) is 0. The van der Waals surface area contributed by atoms with Gasteiger partial charge in [0.2, 0.25) is 5.78 Å². The van der Waals surface area contributed by atoms with E-state index in [1.807, 2.05) is 13.0 Å². The number of rotatable bonds is 2. The van der Waals surface area contributed by atoms with Crippen LogP contribution in [0.1, 0.15) is 54.6 Å². The number of hydrogen-bond acceptors (Lipinski definition) is 3. The van der Waals surface area contributed by atoms with E-state index in [0.29, 0.717) is 5.76 Å². The van der Waals surface area contributed by atoms with Crippen molar-refractivity contribution in [1.29, 1.82) is 0 Å². The van der Waals surface area contributed by atoms with E-state index in [4.69, 9.17) is 9.15 Å². The van der Waals surface area contributed by atoms with E-state index in [9.17, 15) is 4.79 Å². The average Bonchev–Trinajstić information content (AvgIpc) is 2.98. The van der Waals surface area contributed by atoms with Crippen LogP contribution in [-0.4, -0.2) is 18.0 Å². The highest BCUT2D eigenvalue weighted by molar-refractivity contribution is 5.96. The zero-order chi connectivity index (χ0) is 12.6. The molecule has 0 N–H and O–H groups in total. The van der Waals surface area contributed by atoms with E-state index in [-0.39, 0.29) is 17.3 Å². The summed E-state index contributed by atoms with van der Waals surface area (Å²) in [4.78, 5) is 12.5. The van der Waals surface area contributed by atoms with Crippen LogP contribution in [-0.2, 0) is 4.74 Å².